The number of aryl methyl sites for hydroxylation is 2. The van der Waals surface area contributed by atoms with E-state index in [9.17, 15) is 4.79 Å². The van der Waals surface area contributed by atoms with Gasteiger partial charge >= 0.3 is 6.16 Å². The highest BCUT2D eigenvalue weighted by molar-refractivity contribution is 5.77. The first kappa shape index (κ1) is 27.4. The van der Waals surface area contributed by atoms with E-state index in [4.69, 9.17) is 14.5 Å². The van der Waals surface area contributed by atoms with Crippen molar-refractivity contribution in [1.29, 1.82) is 0 Å². The average molecular weight is 513 g/mol. The van der Waals surface area contributed by atoms with E-state index in [0.717, 1.165) is 54.7 Å². The van der Waals surface area contributed by atoms with Gasteiger partial charge in [-0.25, -0.2) is 9.78 Å². The summed E-state index contributed by atoms with van der Waals surface area (Å²) < 4.78 is 13.3. The Balaban J connectivity index is 1.59. The summed E-state index contributed by atoms with van der Waals surface area (Å²) in [6.07, 6.45) is 6.03. The van der Waals surface area contributed by atoms with Crippen molar-refractivity contribution >= 4 is 17.2 Å². The molecule has 3 aromatic carbocycles. The zero-order valence-electron chi connectivity index (χ0n) is 23.4. The average Bonchev–Trinajstić information content (AvgIpc) is 3.22. The minimum atomic E-state index is -0.702. The molecule has 0 unspecified atom stereocenters. The lowest BCUT2D eigenvalue weighted by Gasteiger charge is -2.19. The lowest BCUT2D eigenvalue weighted by atomic mass is 10.0. The molecule has 0 atom stereocenters. The molecule has 0 N–H and O–H groups in total. The van der Waals surface area contributed by atoms with Gasteiger partial charge in [-0.15, -0.1) is 0 Å². The van der Waals surface area contributed by atoms with E-state index in [2.05, 4.69) is 60.9 Å². The molecule has 0 aliphatic heterocycles. The van der Waals surface area contributed by atoms with Gasteiger partial charge in [0.15, 0.2) is 0 Å². The Kier molecular flexibility index (Phi) is 8.88. The molecular formula is C33H40N2O3. The van der Waals surface area contributed by atoms with Crippen LogP contribution in [0.3, 0.4) is 0 Å². The van der Waals surface area contributed by atoms with Crippen molar-refractivity contribution in [1.82, 2.24) is 9.55 Å². The van der Waals surface area contributed by atoms with E-state index in [0.29, 0.717) is 5.75 Å². The summed E-state index contributed by atoms with van der Waals surface area (Å²) in [4.78, 5) is 17.3. The summed E-state index contributed by atoms with van der Waals surface area (Å²) in [7, 11) is 0. The number of aromatic nitrogens is 2. The first-order chi connectivity index (χ1) is 18.3. The van der Waals surface area contributed by atoms with Crippen LogP contribution in [0.2, 0.25) is 0 Å². The van der Waals surface area contributed by atoms with Crippen molar-refractivity contribution in [2.24, 2.45) is 0 Å². The van der Waals surface area contributed by atoms with Crippen molar-refractivity contribution in [3.8, 4) is 16.9 Å². The minimum Gasteiger partial charge on any atom is -0.428 e. The van der Waals surface area contributed by atoms with Gasteiger partial charge < -0.3 is 14.0 Å². The SMILES string of the molecule is CCCCc1ccc2nc(CCCC)n(Cc3ccc(-c4ccccc4OC(=O)OC(C)(C)C)cc3)c2c1. The summed E-state index contributed by atoms with van der Waals surface area (Å²) in [6, 6.07) is 22.8. The second-order valence-corrected chi connectivity index (χ2v) is 10.9. The zero-order valence-corrected chi connectivity index (χ0v) is 23.4. The van der Waals surface area contributed by atoms with Gasteiger partial charge in [0.2, 0.25) is 0 Å². The van der Waals surface area contributed by atoms with Gasteiger partial charge in [0, 0.05) is 18.5 Å². The van der Waals surface area contributed by atoms with Crippen molar-refractivity contribution in [3.63, 3.8) is 0 Å². The molecule has 5 nitrogen and oxygen atoms in total. The fraction of sp³-hybridized carbons (Fsp3) is 0.394. The number of hydrogen-bond acceptors (Lipinski definition) is 4. The highest BCUT2D eigenvalue weighted by atomic mass is 16.7. The van der Waals surface area contributed by atoms with E-state index < -0.39 is 11.8 Å². The van der Waals surface area contributed by atoms with Crippen LogP contribution in [0, 0.1) is 0 Å². The maximum absolute atomic E-state index is 12.3. The number of rotatable bonds is 10. The van der Waals surface area contributed by atoms with Gasteiger partial charge in [-0.05, 0) is 74.9 Å². The topological polar surface area (TPSA) is 53.4 Å². The molecule has 0 fully saturated rings. The molecule has 0 radical (unpaired) electrons. The zero-order chi connectivity index (χ0) is 27.1. The highest BCUT2D eigenvalue weighted by Gasteiger charge is 2.19. The number of benzene rings is 3. The van der Waals surface area contributed by atoms with Crippen LogP contribution in [0.1, 0.15) is 77.3 Å². The van der Waals surface area contributed by atoms with Crippen molar-refractivity contribution in [2.75, 3.05) is 0 Å². The molecule has 4 aromatic rings. The largest absolute Gasteiger partial charge is 0.514 e. The van der Waals surface area contributed by atoms with E-state index in [-0.39, 0.29) is 0 Å². The number of hydrogen-bond donors (Lipinski definition) is 0. The molecule has 0 saturated carbocycles. The number of unbranched alkanes of at least 4 members (excludes halogenated alkanes) is 2. The number of nitrogens with zero attached hydrogens (tertiary/aromatic N) is 2. The molecule has 0 amide bonds. The van der Waals surface area contributed by atoms with Gasteiger partial charge in [-0.1, -0.05) is 75.2 Å². The van der Waals surface area contributed by atoms with Gasteiger partial charge in [-0.2, -0.15) is 0 Å². The number of para-hydroxylation sites is 1. The molecule has 0 saturated heterocycles. The normalized spacial score (nSPS) is 11.6. The fourth-order valence-electron chi connectivity index (χ4n) is 4.58. The Morgan fingerprint density at radius 1 is 0.868 bits per heavy atom. The van der Waals surface area contributed by atoms with Crippen LogP contribution in [0.4, 0.5) is 4.79 Å². The highest BCUT2D eigenvalue weighted by Crippen LogP contribution is 2.31. The smallest absolute Gasteiger partial charge is 0.428 e. The Hall–Kier alpha value is -3.60. The van der Waals surface area contributed by atoms with Crippen LogP contribution < -0.4 is 4.74 Å². The lowest BCUT2D eigenvalue weighted by Crippen LogP contribution is -2.26. The quantitative estimate of drug-likeness (QED) is 0.157. The third kappa shape index (κ3) is 7.03. The molecule has 200 valence electrons. The van der Waals surface area contributed by atoms with Crippen molar-refractivity contribution < 1.29 is 14.3 Å². The number of carbonyl (C=O) groups is 1. The monoisotopic (exact) mass is 512 g/mol. The Morgan fingerprint density at radius 2 is 1.55 bits per heavy atom. The molecule has 1 heterocycles. The summed E-state index contributed by atoms with van der Waals surface area (Å²) >= 11 is 0. The maximum Gasteiger partial charge on any atom is 0.514 e. The maximum atomic E-state index is 12.3. The van der Waals surface area contributed by atoms with E-state index in [1.807, 2.05) is 39.0 Å². The summed E-state index contributed by atoms with van der Waals surface area (Å²) in [5.74, 6) is 1.63. The molecule has 4 rings (SSSR count). The molecule has 0 spiro atoms. The number of imidazole rings is 1. The Bertz CT molecular complexity index is 1360. The first-order valence-corrected chi connectivity index (χ1v) is 13.8. The molecule has 0 aliphatic rings. The predicted octanol–water partition coefficient (Wildman–Crippen LogP) is 8.75. The summed E-state index contributed by atoms with van der Waals surface area (Å²) in [5, 5.41) is 0. The Labute approximate surface area is 226 Å². The minimum absolute atomic E-state index is 0.483. The van der Waals surface area contributed by atoms with Crippen LogP contribution in [0.5, 0.6) is 5.75 Å². The van der Waals surface area contributed by atoms with E-state index >= 15 is 0 Å². The van der Waals surface area contributed by atoms with Crippen molar-refractivity contribution in [2.45, 2.75) is 85.3 Å². The first-order valence-electron chi connectivity index (χ1n) is 13.8. The van der Waals surface area contributed by atoms with Gasteiger partial charge in [0.25, 0.3) is 0 Å². The van der Waals surface area contributed by atoms with Crippen LogP contribution in [0.15, 0.2) is 66.7 Å². The summed E-state index contributed by atoms with van der Waals surface area (Å²) in [5.41, 5.74) is 6.08. The molecule has 0 bridgehead atoms. The third-order valence-electron chi connectivity index (χ3n) is 6.54. The van der Waals surface area contributed by atoms with Crippen LogP contribution >= 0.6 is 0 Å². The van der Waals surface area contributed by atoms with Crippen LogP contribution in [-0.2, 0) is 24.1 Å². The molecule has 0 aliphatic carbocycles. The van der Waals surface area contributed by atoms with Crippen LogP contribution in [-0.4, -0.2) is 21.3 Å². The van der Waals surface area contributed by atoms with Gasteiger partial charge in [0.05, 0.1) is 11.0 Å². The van der Waals surface area contributed by atoms with Gasteiger partial charge in [-0.3, -0.25) is 0 Å². The fourth-order valence-corrected chi connectivity index (χ4v) is 4.58. The van der Waals surface area contributed by atoms with Gasteiger partial charge in [0.1, 0.15) is 17.2 Å². The third-order valence-corrected chi connectivity index (χ3v) is 6.54. The van der Waals surface area contributed by atoms with E-state index in [1.54, 1.807) is 6.07 Å². The number of fused-ring (bicyclic) bond motifs is 1. The lowest BCUT2D eigenvalue weighted by molar-refractivity contribution is 0.0207. The number of ether oxygens (including phenoxy) is 2. The molecule has 1 aromatic heterocycles. The molecule has 38 heavy (non-hydrogen) atoms. The summed E-state index contributed by atoms with van der Waals surface area (Å²) in [6.45, 7) is 10.7. The number of carbonyl (C=O) groups excluding carboxylic acids is 1. The Morgan fingerprint density at radius 3 is 2.26 bits per heavy atom. The van der Waals surface area contributed by atoms with Crippen molar-refractivity contribution in [3.05, 3.63) is 83.7 Å². The van der Waals surface area contributed by atoms with Crippen LogP contribution in [0.25, 0.3) is 22.2 Å². The standard InChI is InChI=1S/C33H40N2O3/c1-6-8-12-24-18-21-28-29(22-24)35(31(34-28)15-9-7-2)23-25-16-19-26(20-17-25)27-13-10-11-14-30(27)37-32(36)38-33(3,4)5/h10-11,13-14,16-22H,6-9,12,15,23H2,1-5H3. The molecular weight excluding hydrogens is 472 g/mol. The second kappa shape index (κ2) is 12.3. The van der Waals surface area contributed by atoms with E-state index in [1.165, 1.54) is 29.5 Å². The predicted molar refractivity (Wildman–Crippen MR) is 155 cm³/mol. The molecule has 5 heteroatoms. The second-order valence-electron chi connectivity index (χ2n) is 10.9.